The first-order valence-corrected chi connectivity index (χ1v) is 9.48. The maximum atomic E-state index is 12.6. The van der Waals surface area contributed by atoms with Gasteiger partial charge in [0, 0.05) is 18.7 Å². The van der Waals surface area contributed by atoms with Crippen molar-refractivity contribution < 1.29 is 18.7 Å². The largest absolute Gasteiger partial charge is 0.447 e. The van der Waals surface area contributed by atoms with Crippen LogP contribution in [-0.2, 0) is 9.53 Å². The van der Waals surface area contributed by atoms with Gasteiger partial charge >= 0.3 is 5.97 Å². The number of carbonyl (C=O) groups is 2. The van der Waals surface area contributed by atoms with Crippen molar-refractivity contribution >= 4 is 28.9 Å². The van der Waals surface area contributed by atoms with E-state index in [2.05, 4.69) is 4.98 Å². The zero-order chi connectivity index (χ0) is 19.7. The number of aromatic nitrogens is 1. The second kappa shape index (κ2) is 7.29. The minimum atomic E-state index is -0.871. The zero-order valence-electron chi connectivity index (χ0n) is 14.9. The van der Waals surface area contributed by atoms with E-state index >= 15 is 0 Å². The fraction of sp³-hybridized carbons (Fsp3) is 0.200. The molecular weight excluding hydrogens is 378 g/mol. The third-order valence-electron chi connectivity index (χ3n) is 4.44. The highest BCUT2D eigenvalue weighted by molar-refractivity contribution is 7.13. The van der Waals surface area contributed by atoms with Crippen molar-refractivity contribution in [2.45, 2.75) is 19.4 Å². The number of ether oxygens (including phenoxy) is 1. The molecule has 0 saturated carbocycles. The summed E-state index contributed by atoms with van der Waals surface area (Å²) in [5, 5.41) is 10.8. The monoisotopic (exact) mass is 393 g/mol. The van der Waals surface area contributed by atoms with Gasteiger partial charge in [0.25, 0.3) is 5.91 Å². The highest BCUT2D eigenvalue weighted by Gasteiger charge is 2.36. The van der Waals surface area contributed by atoms with E-state index in [-0.39, 0.29) is 11.6 Å². The Bertz CT molecular complexity index is 1060. The molecule has 8 heteroatoms. The van der Waals surface area contributed by atoms with E-state index in [1.54, 1.807) is 36.1 Å². The van der Waals surface area contributed by atoms with Gasteiger partial charge in [0.1, 0.15) is 5.76 Å². The molecule has 0 spiro atoms. The summed E-state index contributed by atoms with van der Waals surface area (Å²) in [6.45, 7) is 2.07. The number of rotatable bonds is 4. The number of oxazole rings is 1. The average molecular weight is 393 g/mol. The van der Waals surface area contributed by atoms with Crippen LogP contribution in [0.4, 0.5) is 5.69 Å². The van der Waals surface area contributed by atoms with Gasteiger partial charge in [0.05, 0.1) is 16.5 Å². The van der Waals surface area contributed by atoms with Crippen molar-refractivity contribution in [2.24, 2.45) is 0 Å². The van der Waals surface area contributed by atoms with E-state index in [9.17, 15) is 9.59 Å². The number of esters is 1. The van der Waals surface area contributed by atoms with Gasteiger partial charge in [-0.25, -0.2) is 9.78 Å². The Morgan fingerprint density at radius 1 is 1.36 bits per heavy atom. The van der Waals surface area contributed by atoms with Gasteiger partial charge in [-0.05, 0) is 42.6 Å². The molecule has 1 aliphatic heterocycles. The Kier molecular flexibility index (Phi) is 4.67. The second-order valence-electron chi connectivity index (χ2n) is 6.23. The number of nitrogens with zero attached hydrogens (tertiary/aromatic N) is 3. The molecule has 1 aliphatic rings. The molecule has 1 amide bonds. The van der Waals surface area contributed by atoms with Crippen molar-refractivity contribution in [3.8, 4) is 16.8 Å². The van der Waals surface area contributed by atoms with Crippen LogP contribution in [0.25, 0.3) is 10.8 Å². The lowest BCUT2D eigenvalue weighted by molar-refractivity contribution is -0.124. The number of nitriles is 1. The summed E-state index contributed by atoms with van der Waals surface area (Å²) in [4.78, 5) is 31.8. The van der Waals surface area contributed by atoms with Crippen LogP contribution in [-0.4, -0.2) is 29.5 Å². The Labute approximate surface area is 164 Å². The zero-order valence-corrected chi connectivity index (χ0v) is 15.7. The topological polar surface area (TPSA) is 96.4 Å². The molecule has 28 heavy (non-hydrogen) atoms. The normalized spacial score (nSPS) is 16.2. The maximum absolute atomic E-state index is 12.6. The van der Waals surface area contributed by atoms with Crippen molar-refractivity contribution in [1.82, 2.24) is 4.98 Å². The summed E-state index contributed by atoms with van der Waals surface area (Å²) in [6, 6.07) is 12.5. The summed E-state index contributed by atoms with van der Waals surface area (Å²) < 4.78 is 11.0. The molecule has 1 atom stereocenters. The van der Waals surface area contributed by atoms with Gasteiger partial charge in [-0.3, -0.25) is 4.79 Å². The standard InChI is InChI=1S/C20H15N3O4S/c1-12-17(22-18(26-12)16-3-2-10-28-16)20(25)27-15-8-9-23(19(15)24)14-6-4-13(11-21)5-7-14/h2-7,10,15H,8-9H2,1H3/t15-/m1/s1. The quantitative estimate of drug-likeness (QED) is 0.629. The molecule has 3 heterocycles. The van der Waals surface area contributed by atoms with Crippen LogP contribution in [0.5, 0.6) is 0 Å². The number of aryl methyl sites for hydroxylation is 1. The third kappa shape index (κ3) is 3.28. The number of hydrogen-bond acceptors (Lipinski definition) is 7. The van der Waals surface area contributed by atoms with E-state index in [1.165, 1.54) is 11.3 Å². The van der Waals surface area contributed by atoms with Gasteiger partial charge in [-0.1, -0.05) is 6.07 Å². The maximum Gasteiger partial charge on any atom is 0.361 e. The SMILES string of the molecule is Cc1oc(-c2cccs2)nc1C(=O)O[C@@H]1CCN(c2ccc(C#N)cc2)C1=O. The van der Waals surface area contributed by atoms with Gasteiger partial charge in [-0.15, -0.1) is 11.3 Å². The van der Waals surface area contributed by atoms with E-state index in [1.807, 2.05) is 23.6 Å². The summed E-state index contributed by atoms with van der Waals surface area (Å²) in [5.74, 6) is -0.263. The Morgan fingerprint density at radius 2 is 2.14 bits per heavy atom. The smallest absolute Gasteiger partial charge is 0.361 e. The first-order valence-electron chi connectivity index (χ1n) is 8.60. The van der Waals surface area contributed by atoms with Crippen LogP contribution in [0.1, 0.15) is 28.2 Å². The molecule has 3 aromatic rings. The Hall–Kier alpha value is -3.44. The Morgan fingerprint density at radius 3 is 2.82 bits per heavy atom. The lowest BCUT2D eigenvalue weighted by atomic mass is 10.2. The molecule has 1 aromatic carbocycles. The lowest BCUT2D eigenvalue weighted by Crippen LogP contribution is -2.32. The summed E-state index contributed by atoms with van der Waals surface area (Å²) >= 11 is 1.45. The fourth-order valence-corrected chi connectivity index (χ4v) is 3.66. The van der Waals surface area contributed by atoms with E-state index < -0.39 is 12.1 Å². The van der Waals surface area contributed by atoms with Crippen molar-refractivity contribution in [3.05, 3.63) is 58.8 Å². The Balaban J connectivity index is 1.47. The lowest BCUT2D eigenvalue weighted by Gasteiger charge is -2.16. The van der Waals surface area contributed by atoms with Crippen molar-refractivity contribution in [2.75, 3.05) is 11.4 Å². The predicted octanol–water partition coefficient (Wildman–Crippen LogP) is 3.55. The first-order chi connectivity index (χ1) is 13.6. The molecule has 1 saturated heterocycles. The first kappa shape index (κ1) is 17.9. The number of thiophene rings is 1. The molecule has 1 fully saturated rings. The summed E-state index contributed by atoms with van der Waals surface area (Å²) in [5.41, 5.74) is 1.26. The third-order valence-corrected chi connectivity index (χ3v) is 5.29. The highest BCUT2D eigenvalue weighted by atomic mass is 32.1. The molecule has 0 unspecified atom stereocenters. The van der Waals surface area contributed by atoms with Crippen LogP contribution >= 0.6 is 11.3 Å². The minimum absolute atomic E-state index is 0.0769. The molecule has 0 radical (unpaired) electrons. The van der Waals surface area contributed by atoms with Gasteiger partial charge in [0.2, 0.25) is 5.89 Å². The van der Waals surface area contributed by atoms with E-state index in [0.717, 1.165) is 4.88 Å². The molecule has 2 aromatic heterocycles. The molecule has 0 bridgehead atoms. The summed E-state index contributed by atoms with van der Waals surface area (Å²) in [7, 11) is 0. The average Bonchev–Trinajstić information content (AvgIpc) is 3.43. The molecule has 4 rings (SSSR count). The van der Waals surface area contributed by atoms with Gasteiger partial charge in [-0.2, -0.15) is 5.26 Å². The number of anilines is 1. The van der Waals surface area contributed by atoms with Gasteiger partial charge < -0.3 is 14.1 Å². The number of amides is 1. The number of benzene rings is 1. The van der Waals surface area contributed by atoms with Crippen LogP contribution in [0.15, 0.2) is 46.2 Å². The molecule has 0 aliphatic carbocycles. The van der Waals surface area contributed by atoms with E-state index in [4.69, 9.17) is 14.4 Å². The molecule has 140 valence electrons. The molecule has 0 N–H and O–H groups in total. The number of carbonyl (C=O) groups excluding carboxylic acids is 2. The second-order valence-corrected chi connectivity index (χ2v) is 7.18. The van der Waals surface area contributed by atoms with Crippen molar-refractivity contribution in [1.29, 1.82) is 5.26 Å². The predicted molar refractivity (Wildman–Crippen MR) is 102 cm³/mol. The van der Waals surface area contributed by atoms with Crippen LogP contribution in [0, 0.1) is 18.3 Å². The number of hydrogen-bond donors (Lipinski definition) is 0. The van der Waals surface area contributed by atoms with Crippen LogP contribution in [0.2, 0.25) is 0 Å². The molecular formula is C20H15N3O4S. The van der Waals surface area contributed by atoms with E-state index in [0.29, 0.717) is 35.9 Å². The fourth-order valence-electron chi connectivity index (χ4n) is 3.01. The highest BCUT2D eigenvalue weighted by Crippen LogP contribution is 2.28. The van der Waals surface area contributed by atoms with Crippen molar-refractivity contribution in [3.63, 3.8) is 0 Å². The van der Waals surface area contributed by atoms with Gasteiger partial charge in [0.15, 0.2) is 11.8 Å². The summed E-state index contributed by atoms with van der Waals surface area (Å²) in [6.07, 6.45) is -0.483. The molecule has 7 nitrogen and oxygen atoms in total. The minimum Gasteiger partial charge on any atom is -0.447 e. The van der Waals surface area contributed by atoms with Crippen LogP contribution in [0.3, 0.4) is 0 Å². The van der Waals surface area contributed by atoms with Crippen LogP contribution < -0.4 is 4.90 Å².